The molecule has 18 heavy (non-hydrogen) atoms. The number of hydrogen-bond acceptors (Lipinski definition) is 2. The Balaban J connectivity index is 2.03. The van der Waals surface area contributed by atoms with E-state index < -0.39 is 5.97 Å². The van der Waals surface area contributed by atoms with Crippen LogP contribution >= 0.6 is 0 Å². The lowest BCUT2D eigenvalue weighted by Gasteiger charge is -2.33. The molecule has 1 atom stereocenters. The molecule has 0 aromatic heterocycles. The molecular weight excluding hydrogens is 226 g/mol. The first-order valence-corrected chi connectivity index (χ1v) is 6.39. The molecule has 1 saturated heterocycles. The van der Waals surface area contributed by atoms with Gasteiger partial charge < -0.3 is 5.11 Å². The molecule has 1 aliphatic rings. The third-order valence-electron chi connectivity index (χ3n) is 3.52. The summed E-state index contributed by atoms with van der Waals surface area (Å²) in [6, 6.07) is 7.60. The van der Waals surface area contributed by atoms with Gasteiger partial charge in [-0.05, 0) is 37.1 Å². The SMILES string of the molecule is C=CC1CCCCN1Cc1ccc(C(=O)O)cc1. The largest absolute Gasteiger partial charge is 0.478 e. The van der Waals surface area contributed by atoms with Gasteiger partial charge in [-0.25, -0.2) is 4.79 Å². The van der Waals surface area contributed by atoms with Crippen LogP contribution in [0.1, 0.15) is 35.2 Å². The van der Waals surface area contributed by atoms with Gasteiger partial charge in [0, 0.05) is 12.6 Å². The molecule has 1 unspecified atom stereocenters. The first-order chi connectivity index (χ1) is 8.70. The smallest absolute Gasteiger partial charge is 0.335 e. The van der Waals surface area contributed by atoms with E-state index in [1.54, 1.807) is 12.1 Å². The average molecular weight is 245 g/mol. The molecule has 3 heteroatoms. The third kappa shape index (κ3) is 2.99. The Kier molecular flexibility index (Phi) is 4.15. The maximum Gasteiger partial charge on any atom is 0.335 e. The number of likely N-dealkylation sites (tertiary alicyclic amines) is 1. The minimum absolute atomic E-state index is 0.345. The second-order valence-electron chi connectivity index (χ2n) is 4.77. The molecule has 0 saturated carbocycles. The highest BCUT2D eigenvalue weighted by Crippen LogP contribution is 2.20. The van der Waals surface area contributed by atoms with Crippen LogP contribution in [0.25, 0.3) is 0 Å². The molecule has 0 amide bonds. The summed E-state index contributed by atoms with van der Waals surface area (Å²) in [7, 11) is 0. The van der Waals surface area contributed by atoms with Crippen molar-refractivity contribution in [1.82, 2.24) is 4.90 Å². The monoisotopic (exact) mass is 245 g/mol. The fourth-order valence-corrected chi connectivity index (χ4v) is 2.47. The first-order valence-electron chi connectivity index (χ1n) is 6.39. The van der Waals surface area contributed by atoms with Crippen LogP contribution in [0.5, 0.6) is 0 Å². The highest BCUT2D eigenvalue weighted by Gasteiger charge is 2.19. The zero-order valence-corrected chi connectivity index (χ0v) is 10.5. The predicted octanol–water partition coefficient (Wildman–Crippen LogP) is 2.93. The van der Waals surface area contributed by atoms with Gasteiger partial charge in [0.25, 0.3) is 0 Å². The second-order valence-corrected chi connectivity index (χ2v) is 4.77. The minimum atomic E-state index is -0.872. The normalized spacial score (nSPS) is 20.6. The van der Waals surface area contributed by atoms with Gasteiger partial charge in [0.1, 0.15) is 0 Å². The van der Waals surface area contributed by atoms with Crippen LogP contribution in [0.4, 0.5) is 0 Å². The van der Waals surface area contributed by atoms with Gasteiger partial charge in [-0.2, -0.15) is 0 Å². The topological polar surface area (TPSA) is 40.5 Å². The van der Waals surface area contributed by atoms with Gasteiger partial charge in [-0.1, -0.05) is 24.6 Å². The van der Waals surface area contributed by atoms with Gasteiger partial charge in [0.15, 0.2) is 0 Å². The molecule has 1 fully saturated rings. The number of carboxylic acids is 1. The van der Waals surface area contributed by atoms with E-state index in [9.17, 15) is 4.79 Å². The number of carbonyl (C=O) groups is 1. The molecule has 1 aliphatic heterocycles. The minimum Gasteiger partial charge on any atom is -0.478 e. The van der Waals surface area contributed by atoms with E-state index >= 15 is 0 Å². The molecule has 1 heterocycles. The molecule has 1 aromatic rings. The van der Waals surface area contributed by atoms with Gasteiger partial charge in [-0.15, -0.1) is 6.58 Å². The Morgan fingerprint density at radius 1 is 1.39 bits per heavy atom. The van der Waals surface area contributed by atoms with Crippen LogP contribution in [-0.4, -0.2) is 28.6 Å². The number of rotatable bonds is 4. The quantitative estimate of drug-likeness (QED) is 0.829. The van der Waals surface area contributed by atoms with E-state index in [2.05, 4.69) is 11.5 Å². The van der Waals surface area contributed by atoms with E-state index in [0.29, 0.717) is 11.6 Å². The molecule has 3 nitrogen and oxygen atoms in total. The Morgan fingerprint density at radius 2 is 2.11 bits per heavy atom. The van der Waals surface area contributed by atoms with Crippen molar-refractivity contribution < 1.29 is 9.90 Å². The van der Waals surface area contributed by atoms with Crippen molar-refractivity contribution in [2.45, 2.75) is 31.8 Å². The average Bonchev–Trinajstić information content (AvgIpc) is 2.40. The molecule has 0 spiro atoms. The molecule has 1 N–H and O–H groups in total. The van der Waals surface area contributed by atoms with Crippen molar-refractivity contribution in [1.29, 1.82) is 0 Å². The fourth-order valence-electron chi connectivity index (χ4n) is 2.47. The Hall–Kier alpha value is -1.61. The molecule has 0 radical (unpaired) electrons. The van der Waals surface area contributed by atoms with Crippen molar-refractivity contribution in [3.8, 4) is 0 Å². The van der Waals surface area contributed by atoms with Gasteiger partial charge in [-0.3, -0.25) is 4.90 Å². The predicted molar refractivity (Wildman–Crippen MR) is 71.6 cm³/mol. The van der Waals surface area contributed by atoms with Crippen LogP contribution in [0.15, 0.2) is 36.9 Å². The maximum absolute atomic E-state index is 10.8. The highest BCUT2D eigenvalue weighted by atomic mass is 16.4. The van der Waals surface area contributed by atoms with Crippen LogP contribution in [-0.2, 0) is 6.54 Å². The van der Waals surface area contributed by atoms with Gasteiger partial charge >= 0.3 is 5.97 Å². The van der Waals surface area contributed by atoms with Crippen LogP contribution in [0.3, 0.4) is 0 Å². The lowest BCUT2D eigenvalue weighted by molar-refractivity contribution is 0.0697. The Morgan fingerprint density at radius 3 is 2.72 bits per heavy atom. The van der Waals surface area contributed by atoms with E-state index in [0.717, 1.165) is 18.7 Å². The number of piperidine rings is 1. The Bertz CT molecular complexity index is 425. The summed E-state index contributed by atoms with van der Waals surface area (Å²) in [5.74, 6) is -0.872. The van der Waals surface area contributed by atoms with E-state index in [1.165, 1.54) is 19.3 Å². The van der Waals surface area contributed by atoms with Crippen molar-refractivity contribution in [3.63, 3.8) is 0 Å². The highest BCUT2D eigenvalue weighted by molar-refractivity contribution is 5.87. The van der Waals surface area contributed by atoms with Gasteiger partial charge in [0.05, 0.1) is 5.56 Å². The Labute approximate surface area is 108 Å². The maximum atomic E-state index is 10.8. The molecule has 1 aromatic carbocycles. The van der Waals surface area contributed by atoms with Crippen molar-refractivity contribution in [2.24, 2.45) is 0 Å². The molecule has 0 aliphatic carbocycles. The molecule has 96 valence electrons. The summed E-state index contributed by atoms with van der Waals surface area (Å²) in [5, 5.41) is 8.85. The number of carboxylic acid groups (broad SMARTS) is 1. The summed E-state index contributed by atoms with van der Waals surface area (Å²) in [5.41, 5.74) is 1.51. The number of aromatic carboxylic acids is 1. The first kappa shape index (κ1) is 12.8. The summed E-state index contributed by atoms with van der Waals surface area (Å²) in [6.45, 7) is 5.86. The molecular formula is C15H19NO2. The van der Waals surface area contributed by atoms with Crippen LogP contribution in [0, 0.1) is 0 Å². The number of nitrogens with zero attached hydrogens (tertiary/aromatic N) is 1. The molecule has 2 rings (SSSR count). The van der Waals surface area contributed by atoms with Crippen LogP contribution < -0.4 is 0 Å². The molecule has 0 bridgehead atoms. The van der Waals surface area contributed by atoms with Crippen molar-refractivity contribution >= 4 is 5.97 Å². The van der Waals surface area contributed by atoms with E-state index in [1.807, 2.05) is 18.2 Å². The zero-order chi connectivity index (χ0) is 13.0. The fraction of sp³-hybridized carbons (Fsp3) is 0.400. The standard InChI is InChI=1S/C15H19NO2/c1-2-14-5-3-4-10-16(14)11-12-6-8-13(9-7-12)15(17)18/h2,6-9,14H,1,3-5,10-11H2,(H,17,18). The summed E-state index contributed by atoms with van der Waals surface area (Å²) in [6.07, 6.45) is 5.70. The third-order valence-corrected chi connectivity index (χ3v) is 3.52. The number of benzene rings is 1. The van der Waals surface area contributed by atoms with Crippen molar-refractivity contribution in [2.75, 3.05) is 6.54 Å². The lowest BCUT2D eigenvalue weighted by Crippen LogP contribution is -2.37. The summed E-state index contributed by atoms with van der Waals surface area (Å²) < 4.78 is 0. The van der Waals surface area contributed by atoms with E-state index in [-0.39, 0.29) is 0 Å². The van der Waals surface area contributed by atoms with E-state index in [4.69, 9.17) is 5.11 Å². The zero-order valence-electron chi connectivity index (χ0n) is 10.5. The lowest BCUT2D eigenvalue weighted by atomic mass is 10.0. The second kappa shape index (κ2) is 5.83. The van der Waals surface area contributed by atoms with Crippen molar-refractivity contribution in [3.05, 3.63) is 48.0 Å². The van der Waals surface area contributed by atoms with Crippen LogP contribution in [0.2, 0.25) is 0 Å². The summed E-state index contributed by atoms with van der Waals surface area (Å²) >= 11 is 0. The summed E-state index contributed by atoms with van der Waals surface area (Å²) in [4.78, 5) is 13.2. The van der Waals surface area contributed by atoms with Gasteiger partial charge in [0.2, 0.25) is 0 Å². The number of hydrogen-bond donors (Lipinski definition) is 1.